The Labute approximate surface area is 168 Å². The molecule has 2 rings (SSSR count). The molecule has 0 atom stereocenters. The van der Waals surface area contributed by atoms with Crippen LogP contribution < -0.4 is 10.6 Å². The van der Waals surface area contributed by atoms with E-state index in [0.29, 0.717) is 25.7 Å². The molecule has 28 heavy (non-hydrogen) atoms. The largest absolute Gasteiger partial charge is 0.784 e. The molecule has 2 aliphatic rings. The zero-order valence-electron chi connectivity index (χ0n) is 18.5. The Hall–Kier alpha value is -1.22. The van der Waals surface area contributed by atoms with Crippen LogP contribution in [0.4, 0.5) is 0 Å². The Kier molecular flexibility index (Phi) is 5.96. The van der Waals surface area contributed by atoms with Crippen molar-refractivity contribution in [2.45, 2.75) is 115 Å². The van der Waals surface area contributed by atoms with E-state index in [4.69, 9.17) is 0 Å². The van der Waals surface area contributed by atoms with Gasteiger partial charge >= 0.3 is 11.8 Å². The minimum Gasteiger partial charge on any atom is -0.784 e. The van der Waals surface area contributed by atoms with Crippen LogP contribution in [0.25, 0.3) is 0 Å². The summed E-state index contributed by atoms with van der Waals surface area (Å²) in [6.07, 6.45) is 1.92. The molecule has 0 aromatic carbocycles. The molecule has 0 aromatic rings. The van der Waals surface area contributed by atoms with Gasteiger partial charge in [0.25, 0.3) is 0 Å². The molecule has 2 N–H and O–H groups in total. The van der Waals surface area contributed by atoms with Crippen LogP contribution in [0, 0.1) is 10.4 Å². The maximum atomic E-state index is 12.5. The number of amides is 2. The fraction of sp³-hybridized carbons (Fsp3) is 0.900. The number of hydroxylamine groups is 4. The lowest BCUT2D eigenvalue weighted by Crippen LogP contribution is -2.64. The van der Waals surface area contributed by atoms with Crippen molar-refractivity contribution in [1.82, 2.24) is 20.8 Å². The summed E-state index contributed by atoms with van der Waals surface area (Å²) in [5, 5.41) is 32.7. The summed E-state index contributed by atoms with van der Waals surface area (Å²) in [6.45, 7) is 14.8. The third-order valence-electron chi connectivity index (χ3n) is 6.06. The fourth-order valence-corrected chi connectivity index (χ4v) is 5.23. The molecule has 0 radical (unpaired) electrons. The maximum Gasteiger partial charge on any atom is 0.309 e. The van der Waals surface area contributed by atoms with Gasteiger partial charge in [-0.15, -0.1) is 0 Å². The molecule has 0 aromatic heterocycles. The Morgan fingerprint density at radius 1 is 0.643 bits per heavy atom. The molecule has 2 heterocycles. The summed E-state index contributed by atoms with van der Waals surface area (Å²) < 4.78 is 0. The molecule has 0 saturated carbocycles. The Morgan fingerprint density at radius 2 is 0.857 bits per heavy atom. The van der Waals surface area contributed by atoms with Crippen molar-refractivity contribution in [2.24, 2.45) is 0 Å². The van der Waals surface area contributed by atoms with Crippen molar-refractivity contribution in [3.63, 3.8) is 0 Å². The number of nitrogens with zero attached hydrogens (tertiary/aromatic N) is 2. The summed E-state index contributed by atoms with van der Waals surface area (Å²) in [7, 11) is 0. The lowest BCUT2D eigenvalue weighted by atomic mass is 9.78. The number of rotatable bonds is 2. The number of piperidine rings is 2. The molecule has 2 amide bonds. The van der Waals surface area contributed by atoms with E-state index < -0.39 is 34.0 Å². The molecule has 8 nitrogen and oxygen atoms in total. The third-order valence-corrected chi connectivity index (χ3v) is 6.06. The van der Waals surface area contributed by atoms with E-state index >= 15 is 0 Å². The normalized spacial score (nSPS) is 27.9. The van der Waals surface area contributed by atoms with Gasteiger partial charge in [-0.1, -0.05) is 0 Å². The van der Waals surface area contributed by atoms with Crippen LogP contribution in [0.2, 0.25) is 0 Å². The van der Waals surface area contributed by atoms with Crippen molar-refractivity contribution in [3.05, 3.63) is 10.4 Å². The van der Waals surface area contributed by atoms with Gasteiger partial charge in [0.05, 0.1) is 0 Å². The number of hydrogen-bond acceptors (Lipinski definition) is 6. The summed E-state index contributed by atoms with van der Waals surface area (Å²) in [6, 6.07) is -0.491. The lowest BCUT2D eigenvalue weighted by Gasteiger charge is -2.60. The molecule has 0 bridgehead atoms. The van der Waals surface area contributed by atoms with Gasteiger partial charge in [-0.3, -0.25) is 9.59 Å². The van der Waals surface area contributed by atoms with E-state index in [9.17, 15) is 20.0 Å². The smallest absolute Gasteiger partial charge is 0.309 e. The van der Waals surface area contributed by atoms with E-state index in [0.717, 1.165) is 10.1 Å². The first-order chi connectivity index (χ1) is 12.5. The average molecular weight is 397 g/mol. The number of carbonyl (C=O) groups excluding carboxylic acids is 2. The Morgan fingerprint density at radius 3 is 1.07 bits per heavy atom. The second-order valence-electron chi connectivity index (χ2n) is 11.0. The molecule has 0 unspecified atom stereocenters. The molecule has 2 aliphatic heterocycles. The predicted octanol–water partition coefficient (Wildman–Crippen LogP) is 2.26. The maximum absolute atomic E-state index is 12.5. The first-order valence-corrected chi connectivity index (χ1v) is 10.0. The van der Waals surface area contributed by atoms with Crippen LogP contribution in [-0.4, -0.2) is 56.2 Å². The summed E-state index contributed by atoms with van der Waals surface area (Å²) >= 11 is 0. The highest BCUT2D eigenvalue weighted by molar-refractivity contribution is 6.35. The standard InChI is InChI=1S/C20H36N4O4/c1-17(2)9-13(10-18(3,4)23(17)27)21-15(25)16(26)22-14-11-19(5,6)24(28)20(7,8)12-14/h13-14H,9-12H2,1-8H3,(H,21,25)(H,22,26)/q-2. The molecule has 2 fully saturated rings. The number of carbonyl (C=O) groups is 2. The topological polar surface area (TPSA) is 111 Å². The Balaban J connectivity index is 1.99. The van der Waals surface area contributed by atoms with Crippen LogP contribution in [0.3, 0.4) is 0 Å². The number of hydrogen-bond donors (Lipinski definition) is 2. The van der Waals surface area contributed by atoms with Crippen molar-refractivity contribution in [3.8, 4) is 0 Å². The van der Waals surface area contributed by atoms with E-state index in [2.05, 4.69) is 10.6 Å². The van der Waals surface area contributed by atoms with Gasteiger partial charge < -0.3 is 31.2 Å². The van der Waals surface area contributed by atoms with Crippen molar-refractivity contribution < 1.29 is 9.59 Å². The molecule has 0 spiro atoms. The molecular weight excluding hydrogens is 360 g/mol. The molecule has 8 heteroatoms. The van der Waals surface area contributed by atoms with E-state index in [1.54, 1.807) is 0 Å². The van der Waals surface area contributed by atoms with Crippen LogP contribution >= 0.6 is 0 Å². The first-order valence-electron chi connectivity index (χ1n) is 10.0. The second-order valence-corrected chi connectivity index (χ2v) is 11.0. The summed E-state index contributed by atoms with van der Waals surface area (Å²) in [4.78, 5) is 25.0. The monoisotopic (exact) mass is 396 g/mol. The Bertz CT molecular complexity index is 540. The van der Waals surface area contributed by atoms with Gasteiger partial charge in [-0.2, -0.15) is 0 Å². The van der Waals surface area contributed by atoms with E-state index in [-0.39, 0.29) is 12.1 Å². The van der Waals surface area contributed by atoms with Gasteiger partial charge in [-0.05, 0) is 81.1 Å². The van der Waals surface area contributed by atoms with Crippen molar-refractivity contribution in [1.29, 1.82) is 0 Å². The molecular formula is C20H36N4O4-2. The first kappa shape index (κ1) is 23.1. The van der Waals surface area contributed by atoms with Crippen LogP contribution in [0.1, 0.15) is 81.1 Å². The van der Waals surface area contributed by atoms with Crippen LogP contribution in [0.15, 0.2) is 0 Å². The van der Waals surface area contributed by atoms with E-state index in [1.165, 1.54) is 0 Å². The lowest BCUT2D eigenvalue weighted by molar-refractivity contribution is -0.141. The summed E-state index contributed by atoms with van der Waals surface area (Å²) in [5.41, 5.74) is -2.48. The number of nitrogens with one attached hydrogen (secondary N) is 2. The zero-order chi connectivity index (χ0) is 21.7. The molecule has 0 aliphatic carbocycles. The van der Waals surface area contributed by atoms with Crippen molar-refractivity contribution in [2.75, 3.05) is 0 Å². The minimum atomic E-state index is -0.684. The summed E-state index contributed by atoms with van der Waals surface area (Å²) in [5.74, 6) is -1.37. The highest BCUT2D eigenvalue weighted by atomic mass is 16.5. The second kappa shape index (κ2) is 7.23. The molecule has 2 saturated heterocycles. The van der Waals surface area contributed by atoms with Gasteiger partial charge in [0.1, 0.15) is 0 Å². The van der Waals surface area contributed by atoms with E-state index in [1.807, 2.05) is 55.4 Å². The predicted molar refractivity (Wildman–Crippen MR) is 109 cm³/mol. The highest BCUT2D eigenvalue weighted by Crippen LogP contribution is 2.38. The highest BCUT2D eigenvalue weighted by Gasteiger charge is 2.43. The van der Waals surface area contributed by atoms with Gasteiger partial charge in [-0.25, -0.2) is 0 Å². The quantitative estimate of drug-likeness (QED) is 0.693. The van der Waals surface area contributed by atoms with Gasteiger partial charge in [0.15, 0.2) is 0 Å². The van der Waals surface area contributed by atoms with Crippen LogP contribution in [0.5, 0.6) is 0 Å². The fourth-order valence-electron chi connectivity index (χ4n) is 5.23. The minimum absolute atomic E-state index is 0.246. The van der Waals surface area contributed by atoms with Gasteiger partial charge in [0.2, 0.25) is 0 Å². The van der Waals surface area contributed by atoms with Crippen molar-refractivity contribution >= 4 is 11.8 Å². The average Bonchev–Trinajstić information content (AvgIpc) is 2.49. The van der Waals surface area contributed by atoms with Crippen LogP contribution in [-0.2, 0) is 9.59 Å². The third kappa shape index (κ3) is 4.67. The SMILES string of the molecule is CC1(C)CC(NC(=O)C(=O)NC2CC(C)(C)N([O-])C(C)(C)C2)CC(C)(C)N1[O-]. The zero-order valence-corrected chi connectivity index (χ0v) is 18.5. The van der Waals surface area contributed by atoms with Gasteiger partial charge in [0, 0.05) is 34.2 Å². The molecule has 162 valence electrons.